The van der Waals surface area contributed by atoms with Crippen molar-refractivity contribution in [3.63, 3.8) is 0 Å². The molecular formula is C13H22O4. The maximum atomic E-state index is 11.6. The zero-order valence-electron chi connectivity index (χ0n) is 11.2. The van der Waals surface area contributed by atoms with Crippen molar-refractivity contribution in [2.45, 2.75) is 53.1 Å². The van der Waals surface area contributed by atoms with Gasteiger partial charge in [0.2, 0.25) is 0 Å². The SMILES string of the molecule is CC(=O)C(O)(CC(=O)C(C)C)CC(=O)C(C)C. The number of carbonyl (C=O) groups excluding carboxylic acids is 3. The van der Waals surface area contributed by atoms with E-state index in [9.17, 15) is 19.5 Å². The van der Waals surface area contributed by atoms with E-state index in [0.29, 0.717) is 0 Å². The van der Waals surface area contributed by atoms with Crippen LogP contribution in [0.15, 0.2) is 0 Å². The van der Waals surface area contributed by atoms with Crippen molar-refractivity contribution in [2.75, 3.05) is 0 Å². The van der Waals surface area contributed by atoms with Crippen molar-refractivity contribution in [1.82, 2.24) is 0 Å². The van der Waals surface area contributed by atoms with E-state index in [2.05, 4.69) is 0 Å². The highest BCUT2D eigenvalue weighted by Gasteiger charge is 2.38. The van der Waals surface area contributed by atoms with Crippen LogP contribution in [0.1, 0.15) is 47.5 Å². The fraction of sp³-hybridized carbons (Fsp3) is 0.769. The summed E-state index contributed by atoms with van der Waals surface area (Å²) in [5.41, 5.74) is -1.83. The normalized spacial score (nSPS) is 12.0. The summed E-state index contributed by atoms with van der Waals surface area (Å²) >= 11 is 0. The molecule has 4 nitrogen and oxygen atoms in total. The van der Waals surface area contributed by atoms with Gasteiger partial charge in [0.1, 0.15) is 17.2 Å². The lowest BCUT2D eigenvalue weighted by molar-refractivity contribution is -0.146. The summed E-state index contributed by atoms with van der Waals surface area (Å²) in [6.07, 6.45) is -0.559. The van der Waals surface area contributed by atoms with Crippen LogP contribution >= 0.6 is 0 Å². The summed E-state index contributed by atoms with van der Waals surface area (Å²) in [4.78, 5) is 34.6. The van der Waals surface area contributed by atoms with Crippen molar-refractivity contribution < 1.29 is 19.5 Å². The van der Waals surface area contributed by atoms with Gasteiger partial charge in [-0.3, -0.25) is 14.4 Å². The Morgan fingerprint density at radius 2 is 1.24 bits per heavy atom. The maximum absolute atomic E-state index is 11.6. The van der Waals surface area contributed by atoms with E-state index in [-0.39, 0.29) is 36.2 Å². The van der Waals surface area contributed by atoms with Crippen molar-refractivity contribution in [3.05, 3.63) is 0 Å². The number of Topliss-reactive ketones (excluding diaryl/α,β-unsaturated/α-hetero) is 3. The molecule has 0 fully saturated rings. The molecule has 0 aromatic rings. The molecule has 4 heteroatoms. The van der Waals surface area contributed by atoms with Crippen LogP contribution in [0.25, 0.3) is 0 Å². The minimum Gasteiger partial charge on any atom is -0.381 e. The van der Waals surface area contributed by atoms with Gasteiger partial charge in [0.25, 0.3) is 0 Å². The van der Waals surface area contributed by atoms with Gasteiger partial charge in [0.15, 0.2) is 5.78 Å². The summed E-state index contributed by atoms with van der Waals surface area (Å²) in [5.74, 6) is -1.45. The second-order valence-electron chi connectivity index (χ2n) is 5.18. The molecule has 0 rings (SSSR count). The first-order valence-corrected chi connectivity index (χ1v) is 5.89. The fourth-order valence-corrected chi connectivity index (χ4v) is 1.30. The minimum atomic E-state index is -1.83. The topological polar surface area (TPSA) is 71.4 Å². The Morgan fingerprint density at radius 3 is 1.41 bits per heavy atom. The van der Waals surface area contributed by atoms with Crippen LogP contribution in [0.4, 0.5) is 0 Å². The van der Waals surface area contributed by atoms with Crippen LogP contribution in [0.2, 0.25) is 0 Å². The number of carbonyl (C=O) groups is 3. The quantitative estimate of drug-likeness (QED) is 0.735. The van der Waals surface area contributed by atoms with Gasteiger partial charge in [0, 0.05) is 24.7 Å². The Kier molecular flexibility index (Phi) is 5.69. The smallest absolute Gasteiger partial charge is 0.162 e. The molecule has 0 aliphatic carbocycles. The van der Waals surface area contributed by atoms with E-state index in [4.69, 9.17) is 0 Å². The molecule has 0 aliphatic rings. The molecule has 0 heterocycles. The molecule has 0 aromatic heterocycles. The molecule has 0 saturated carbocycles. The summed E-state index contributed by atoms with van der Waals surface area (Å²) in [7, 11) is 0. The summed E-state index contributed by atoms with van der Waals surface area (Å²) in [5, 5.41) is 10.1. The minimum absolute atomic E-state index is 0.209. The molecule has 0 aliphatic heterocycles. The molecule has 0 atom stereocenters. The summed E-state index contributed by atoms with van der Waals surface area (Å²) < 4.78 is 0. The molecule has 0 radical (unpaired) electrons. The molecule has 0 spiro atoms. The largest absolute Gasteiger partial charge is 0.381 e. The third kappa shape index (κ3) is 4.77. The van der Waals surface area contributed by atoms with Crippen molar-refractivity contribution in [2.24, 2.45) is 11.8 Å². The van der Waals surface area contributed by atoms with E-state index in [1.54, 1.807) is 27.7 Å². The van der Waals surface area contributed by atoms with Crippen molar-refractivity contribution in [3.8, 4) is 0 Å². The lowest BCUT2D eigenvalue weighted by Crippen LogP contribution is -2.42. The second-order valence-corrected chi connectivity index (χ2v) is 5.18. The van der Waals surface area contributed by atoms with Crippen molar-refractivity contribution in [1.29, 1.82) is 0 Å². The van der Waals surface area contributed by atoms with E-state index < -0.39 is 11.4 Å². The van der Waals surface area contributed by atoms with Crippen LogP contribution in [0.5, 0.6) is 0 Å². The van der Waals surface area contributed by atoms with E-state index in [1.165, 1.54) is 6.92 Å². The molecule has 0 amide bonds. The summed E-state index contributed by atoms with van der Waals surface area (Å²) in [6.45, 7) is 8.02. The average Bonchev–Trinajstić information content (AvgIpc) is 2.16. The van der Waals surface area contributed by atoms with Gasteiger partial charge in [-0.05, 0) is 6.92 Å². The molecule has 98 valence electrons. The molecule has 0 unspecified atom stereocenters. The first-order valence-electron chi connectivity index (χ1n) is 5.89. The van der Waals surface area contributed by atoms with Crippen LogP contribution in [-0.2, 0) is 14.4 Å². The molecular weight excluding hydrogens is 220 g/mol. The highest BCUT2D eigenvalue weighted by Crippen LogP contribution is 2.22. The Hall–Kier alpha value is -1.03. The first-order chi connectivity index (χ1) is 7.60. The van der Waals surface area contributed by atoms with Gasteiger partial charge in [-0.15, -0.1) is 0 Å². The third-order valence-corrected chi connectivity index (χ3v) is 2.88. The molecule has 17 heavy (non-hydrogen) atoms. The fourth-order valence-electron chi connectivity index (χ4n) is 1.30. The van der Waals surface area contributed by atoms with Gasteiger partial charge < -0.3 is 5.11 Å². The Labute approximate surface area is 102 Å². The molecule has 0 saturated heterocycles. The standard InChI is InChI=1S/C13H22O4/c1-8(2)11(15)6-13(17,10(5)14)7-12(16)9(3)4/h8-9,17H,6-7H2,1-5H3. The number of aliphatic hydroxyl groups is 1. The molecule has 0 bridgehead atoms. The summed E-state index contributed by atoms with van der Waals surface area (Å²) in [6, 6.07) is 0. The zero-order chi connectivity index (χ0) is 13.8. The van der Waals surface area contributed by atoms with Gasteiger partial charge in [-0.2, -0.15) is 0 Å². The highest BCUT2D eigenvalue weighted by molar-refractivity contribution is 5.96. The monoisotopic (exact) mass is 242 g/mol. The van der Waals surface area contributed by atoms with Gasteiger partial charge in [-0.1, -0.05) is 27.7 Å². The maximum Gasteiger partial charge on any atom is 0.162 e. The highest BCUT2D eigenvalue weighted by atomic mass is 16.3. The first kappa shape index (κ1) is 16.0. The van der Waals surface area contributed by atoms with E-state index >= 15 is 0 Å². The Morgan fingerprint density at radius 1 is 0.941 bits per heavy atom. The van der Waals surface area contributed by atoms with Crippen LogP contribution in [-0.4, -0.2) is 28.1 Å². The van der Waals surface area contributed by atoms with Gasteiger partial charge in [-0.25, -0.2) is 0 Å². The van der Waals surface area contributed by atoms with Gasteiger partial charge >= 0.3 is 0 Å². The molecule has 0 aromatic carbocycles. The average molecular weight is 242 g/mol. The van der Waals surface area contributed by atoms with Crippen LogP contribution < -0.4 is 0 Å². The number of hydrogen-bond acceptors (Lipinski definition) is 4. The van der Waals surface area contributed by atoms with Crippen LogP contribution in [0.3, 0.4) is 0 Å². The number of ketones is 3. The van der Waals surface area contributed by atoms with Crippen LogP contribution in [0, 0.1) is 11.8 Å². The van der Waals surface area contributed by atoms with E-state index in [0.717, 1.165) is 0 Å². The Balaban J connectivity index is 4.87. The second kappa shape index (κ2) is 6.05. The predicted octanol–water partition coefficient (Wildman–Crippen LogP) is 1.54. The Bertz CT molecular complexity index is 293. The van der Waals surface area contributed by atoms with E-state index in [1.807, 2.05) is 0 Å². The predicted molar refractivity (Wildman–Crippen MR) is 64.6 cm³/mol. The zero-order valence-corrected chi connectivity index (χ0v) is 11.2. The third-order valence-electron chi connectivity index (χ3n) is 2.88. The lowest BCUT2D eigenvalue weighted by Gasteiger charge is -2.25. The van der Waals surface area contributed by atoms with Crippen molar-refractivity contribution >= 4 is 17.3 Å². The number of hydrogen-bond donors (Lipinski definition) is 1. The molecule has 1 N–H and O–H groups in total. The lowest BCUT2D eigenvalue weighted by atomic mass is 9.83. The number of rotatable bonds is 7. The van der Waals surface area contributed by atoms with Gasteiger partial charge in [0.05, 0.1) is 0 Å².